The van der Waals surface area contributed by atoms with E-state index < -0.39 is 0 Å². The third kappa shape index (κ3) is 4.30. The van der Waals surface area contributed by atoms with Gasteiger partial charge in [0.05, 0.1) is 4.88 Å². The minimum Gasteiger partial charge on any atom is -0.350 e. The lowest BCUT2D eigenvalue weighted by atomic mass is 10.1. The van der Waals surface area contributed by atoms with Crippen LogP contribution in [0.2, 0.25) is 0 Å². The van der Waals surface area contributed by atoms with E-state index in [1.54, 1.807) is 35.4 Å². The van der Waals surface area contributed by atoms with E-state index in [4.69, 9.17) is 0 Å². The number of aromatic nitrogens is 3. The lowest BCUT2D eigenvalue weighted by Crippen LogP contribution is -2.27. The predicted molar refractivity (Wildman–Crippen MR) is 95.8 cm³/mol. The summed E-state index contributed by atoms with van der Waals surface area (Å²) >= 11 is 1.37. The van der Waals surface area contributed by atoms with Gasteiger partial charge in [-0.3, -0.25) is 9.59 Å². The SMILES string of the molecule is Cc1ccc(C(=O)NCCn2cnnc2)cc1NC(=O)c1cccs1. The number of hydrogen-bond donors (Lipinski definition) is 2. The zero-order chi connectivity index (χ0) is 17.6. The highest BCUT2D eigenvalue weighted by Crippen LogP contribution is 2.19. The molecule has 0 aliphatic rings. The maximum absolute atomic E-state index is 12.3. The van der Waals surface area contributed by atoms with Crippen LogP contribution in [0.1, 0.15) is 25.6 Å². The van der Waals surface area contributed by atoms with Gasteiger partial charge in [-0.15, -0.1) is 21.5 Å². The summed E-state index contributed by atoms with van der Waals surface area (Å²) in [6, 6.07) is 8.83. The number of benzene rings is 1. The van der Waals surface area contributed by atoms with E-state index in [-0.39, 0.29) is 11.8 Å². The molecule has 3 rings (SSSR count). The molecular weight excluding hydrogens is 338 g/mol. The quantitative estimate of drug-likeness (QED) is 0.710. The third-order valence-electron chi connectivity index (χ3n) is 3.62. The van der Waals surface area contributed by atoms with Crippen LogP contribution in [-0.2, 0) is 6.54 Å². The third-order valence-corrected chi connectivity index (χ3v) is 4.48. The van der Waals surface area contributed by atoms with Crippen LogP contribution in [0, 0.1) is 6.92 Å². The van der Waals surface area contributed by atoms with E-state index >= 15 is 0 Å². The number of nitrogens with zero attached hydrogens (tertiary/aromatic N) is 3. The zero-order valence-electron chi connectivity index (χ0n) is 13.6. The lowest BCUT2D eigenvalue weighted by molar-refractivity contribution is 0.0951. The molecule has 25 heavy (non-hydrogen) atoms. The molecule has 0 saturated carbocycles. The first-order chi connectivity index (χ1) is 12.1. The first kappa shape index (κ1) is 16.8. The van der Waals surface area contributed by atoms with E-state index in [1.807, 2.05) is 24.4 Å². The van der Waals surface area contributed by atoms with Crippen LogP contribution >= 0.6 is 11.3 Å². The van der Waals surface area contributed by atoms with Gasteiger partial charge in [-0.2, -0.15) is 0 Å². The highest BCUT2D eigenvalue weighted by Gasteiger charge is 2.12. The molecule has 1 aromatic carbocycles. The Morgan fingerprint density at radius 2 is 1.96 bits per heavy atom. The highest BCUT2D eigenvalue weighted by molar-refractivity contribution is 7.12. The van der Waals surface area contributed by atoms with Gasteiger partial charge in [0.15, 0.2) is 0 Å². The van der Waals surface area contributed by atoms with E-state index in [1.165, 1.54) is 11.3 Å². The van der Waals surface area contributed by atoms with Gasteiger partial charge in [0.2, 0.25) is 0 Å². The van der Waals surface area contributed by atoms with Crippen LogP contribution in [0.4, 0.5) is 5.69 Å². The fraction of sp³-hybridized carbons (Fsp3) is 0.176. The Balaban J connectivity index is 1.63. The Bertz CT molecular complexity index is 859. The summed E-state index contributed by atoms with van der Waals surface area (Å²) in [5.41, 5.74) is 2.02. The monoisotopic (exact) mass is 355 g/mol. The molecule has 7 nitrogen and oxygen atoms in total. The molecule has 0 atom stereocenters. The second-order valence-corrected chi connectivity index (χ2v) is 6.36. The molecular formula is C17H17N5O2S. The molecule has 0 saturated heterocycles. The van der Waals surface area contributed by atoms with E-state index in [0.29, 0.717) is 29.2 Å². The van der Waals surface area contributed by atoms with Gasteiger partial charge in [-0.1, -0.05) is 12.1 Å². The number of aryl methyl sites for hydroxylation is 1. The molecule has 0 aliphatic carbocycles. The normalized spacial score (nSPS) is 10.4. The van der Waals surface area contributed by atoms with Crippen molar-refractivity contribution in [2.24, 2.45) is 0 Å². The Morgan fingerprint density at radius 1 is 1.16 bits per heavy atom. The molecule has 2 N–H and O–H groups in total. The smallest absolute Gasteiger partial charge is 0.265 e. The van der Waals surface area contributed by atoms with Crippen molar-refractivity contribution < 1.29 is 9.59 Å². The lowest BCUT2D eigenvalue weighted by Gasteiger charge is -2.11. The predicted octanol–water partition coefficient (Wildman–Crippen LogP) is 2.33. The number of nitrogens with one attached hydrogen (secondary N) is 2. The van der Waals surface area contributed by atoms with Crippen molar-refractivity contribution in [2.45, 2.75) is 13.5 Å². The van der Waals surface area contributed by atoms with Gasteiger partial charge < -0.3 is 15.2 Å². The van der Waals surface area contributed by atoms with Gasteiger partial charge in [-0.05, 0) is 36.1 Å². The van der Waals surface area contributed by atoms with Crippen molar-refractivity contribution in [3.05, 3.63) is 64.4 Å². The minimum atomic E-state index is -0.195. The fourth-order valence-electron chi connectivity index (χ4n) is 2.23. The molecule has 0 radical (unpaired) electrons. The molecule has 0 unspecified atom stereocenters. The maximum atomic E-state index is 12.3. The molecule has 2 heterocycles. The van der Waals surface area contributed by atoms with Crippen molar-refractivity contribution in [1.82, 2.24) is 20.1 Å². The zero-order valence-corrected chi connectivity index (χ0v) is 14.4. The standard InChI is InChI=1S/C17H17N5O2S/c1-12-4-5-13(16(23)18-6-7-22-10-19-20-11-22)9-14(12)21-17(24)15-3-2-8-25-15/h2-5,8-11H,6-7H2,1H3,(H,18,23)(H,21,24). The number of anilines is 1. The van der Waals surface area contributed by atoms with Crippen molar-refractivity contribution in [3.63, 3.8) is 0 Å². The number of carbonyl (C=O) groups is 2. The minimum absolute atomic E-state index is 0.178. The second-order valence-electron chi connectivity index (χ2n) is 5.42. The summed E-state index contributed by atoms with van der Waals surface area (Å²) < 4.78 is 1.78. The van der Waals surface area contributed by atoms with Crippen LogP contribution in [0.3, 0.4) is 0 Å². The van der Waals surface area contributed by atoms with Crippen LogP contribution in [0.15, 0.2) is 48.4 Å². The van der Waals surface area contributed by atoms with Gasteiger partial charge in [0.25, 0.3) is 11.8 Å². The second kappa shape index (κ2) is 7.71. The Hall–Kier alpha value is -3.00. The van der Waals surface area contributed by atoms with E-state index in [2.05, 4.69) is 20.8 Å². The summed E-state index contributed by atoms with van der Waals surface area (Å²) in [6.07, 6.45) is 3.19. The van der Waals surface area contributed by atoms with Crippen LogP contribution < -0.4 is 10.6 Å². The van der Waals surface area contributed by atoms with Gasteiger partial charge in [0, 0.05) is 24.3 Å². The van der Waals surface area contributed by atoms with Crippen LogP contribution in [-0.4, -0.2) is 33.1 Å². The summed E-state index contributed by atoms with van der Waals surface area (Å²) in [5.74, 6) is -0.372. The number of amides is 2. The summed E-state index contributed by atoms with van der Waals surface area (Å²) in [7, 11) is 0. The Morgan fingerprint density at radius 3 is 2.68 bits per heavy atom. The van der Waals surface area contributed by atoms with Crippen LogP contribution in [0.5, 0.6) is 0 Å². The summed E-state index contributed by atoms with van der Waals surface area (Å²) in [6.45, 7) is 2.94. The molecule has 0 spiro atoms. The molecule has 0 fully saturated rings. The van der Waals surface area contributed by atoms with Crippen molar-refractivity contribution >= 4 is 28.8 Å². The summed E-state index contributed by atoms with van der Waals surface area (Å²) in [5, 5.41) is 15.0. The van der Waals surface area contributed by atoms with Crippen molar-refractivity contribution in [2.75, 3.05) is 11.9 Å². The average molecular weight is 355 g/mol. The largest absolute Gasteiger partial charge is 0.350 e. The van der Waals surface area contributed by atoms with Crippen LogP contribution in [0.25, 0.3) is 0 Å². The molecule has 8 heteroatoms. The first-order valence-electron chi connectivity index (χ1n) is 7.69. The van der Waals surface area contributed by atoms with Crippen molar-refractivity contribution in [3.8, 4) is 0 Å². The highest BCUT2D eigenvalue weighted by atomic mass is 32.1. The van der Waals surface area contributed by atoms with Crippen molar-refractivity contribution in [1.29, 1.82) is 0 Å². The fourth-order valence-corrected chi connectivity index (χ4v) is 2.85. The number of thiophene rings is 1. The molecule has 3 aromatic rings. The first-order valence-corrected chi connectivity index (χ1v) is 8.57. The summed E-state index contributed by atoms with van der Waals surface area (Å²) in [4.78, 5) is 25.1. The maximum Gasteiger partial charge on any atom is 0.265 e. The van der Waals surface area contributed by atoms with E-state index in [9.17, 15) is 9.59 Å². The van der Waals surface area contributed by atoms with Gasteiger partial charge in [-0.25, -0.2) is 0 Å². The molecule has 2 aromatic heterocycles. The molecule has 128 valence electrons. The number of hydrogen-bond acceptors (Lipinski definition) is 5. The topological polar surface area (TPSA) is 88.9 Å². The molecule has 2 amide bonds. The number of carbonyl (C=O) groups excluding carboxylic acids is 2. The molecule has 0 aliphatic heterocycles. The Labute approximate surface area is 148 Å². The number of rotatable bonds is 6. The Kier molecular flexibility index (Phi) is 5.20. The average Bonchev–Trinajstić information content (AvgIpc) is 3.30. The van der Waals surface area contributed by atoms with Gasteiger partial charge in [0.1, 0.15) is 12.7 Å². The van der Waals surface area contributed by atoms with Gasteiger partial charge >= 0.3 is 0 Å². The van der Waals surface area contributed by atoms with E-state index in [0.717, 1.165) is 5.56 Å². The molecule has 0 bridgehead atoms.